The van der Waals surface area contributed by atoms with Gasteiger partial charge in [0.15, 0.2) is 17.3 Å². The molecule has 1 aromatic heterocycles. The van der Waals surface area contributed by atoms with E-state index in [0.717, 1.165) is 18.4 Å². The molecule has 2 aromatic rings. The SMILES string of the molecule is O=C1CCCC2=C1C(c1ccco1)C1=C(C2)C(=O)c2ccccc2C1=O. The van der Waals surface area contributed by atoms with E-state index < -0.39 is 5.92 Å². The molecular weight excluding hydrogens is 328 g/mol. The van der Waals surface area contributed by atoms with Gasteiger partial charge < -0.3 is 4.42 Å². The van der Waals surface area contributed by atoms with Gasteiger partial charge in [-0.25, -0.2) is 0 Å². The molecule has 128 valence electrons. The van der Waals surface area contributed by atoms with Crippen molar-refractivity contribution in [1.29, 1.82) is 0 Å². The van der Waals surface area contributed by atoms with Gasteiger partial charge in [-0.1, -0.05) is 29.8 Å². The molecular formula is C22H16O4. The standard InChI is InChI=1S/C22H16O4/c23-16-8-3-5-12-11-15-19(20(18(12)16)17-9-4-10-26-17)22(25)14-7-2-1-6-13(14)21(15)24/h1-2,4,6-7,9-10,20H,3,5,8,11H2. The summed E-state index contributed by atoms with van der Waals surface area (Å²) < 4.78 is 5.61. The highest BCUT2D eigenvalue weighted by atomic mass is 16.3. The number of ketones is 3. The minimum Gasteiger partial charge on any atom is -0.468 e. The molecule has 0 N–H and O–H groups in total. The van der Waals surface area contributed by atoms with Crippen molar-refractivity contribution in [1.82, 2.24) is 0 Å². The molecule has 0 saturated carbocycles. The van der Waals surface area contributed by atoms with Gasteiger partial charge in [0.2, 0.25) is 0 Å². The average Bonchev–Trinajstić information content (AvgIpc) is 3.19. The maximum Gasteiger partial charge on any atom is 0.191 e. The Morgan fingerprint density at radius 2 is 1.62 bits per heavy atom. The zero-order valence-electron chi connectivity index (χ0n) is 14.1. The average molecular weight is 344 g/mol. The van der Waals surface area contributed by atoms with Crippen LogP contribution in [-0.2, 0) is 4.79 Å². The molecule has 0 radical (unpaired) electrons. The van der Waals surface area contributed by atoms with Gasteiger partial charge in [-0.15, -0.1) is 0 Å². The minimum atomic E-state index is -0.568. The van der Waals surface area contributed by atoms with Crippen LogP contribution in [0, 0.1) is 0 Å². The quantitative estimate of drug-likeness (QED) is 0.778. The maximum atomic E-state index is 13.3. The topological polar surface area (TPSA) is 64.3 Å². The predicted molar refractivity (Wildman–Crippen MR) is 94.1 cm³/mol. The van der Waals surface area contributed by atoms with Crippen LogP contribution in [0.4, 0.5) is 0 Å². The molecule has 0 amide bonds. The minimum absolute atomic E-state index is 0.0679. The summed E-state index contributed by atoms with van der Waals surface area (Å²) in [5, 5.41) is 0. The Labute approximate surface area is 150 Å². The van der Waals surface area contributed by atoms with E-state index in [0.29, 0.717) is 46.4 Å². The zero-order chi connectivity index (χ0) is 17.8. The fourth-order valence-corrected chi connectivity index (χ4v) is 4.50. The molecule has 1 aromatic carbocycles. The van der Waals surface area contributed by atoms with Crippen molar-refractivity contribution in [3.05, 3.63) is 81.8 Å². The Hall–Kier alpha value is -3.01. The summed E-state index contributed by atoms with van der Waals surface area (Å²) in [5.74, 6) is -0.210. The Kier molecular flexibility index (Phi) is 3.23. The monoisotopic (exact) mass is 344 g/mol. The van der Waals surface area contributed by atoms with Crippen molar-refractivity contribution in [2.45, 2.75) is 31.6 Å². The number of carbonyl (C=O) groups excluding carboxylic acids is 3. The Bertz CT molecular complexity index is 1030. The predicted octanol–water partition coefficient (Wildman–Crippen LogP) is 4.19. The molecule has 3 aliphatic carbocycles. The first kappa shape index (κ1) is 15.3. The summed E-state index contributed by atoms with van der Waals surface area (Å²) in [6.07, 6.45) is 4.01. The smallest absolute Gasteiger partial charge is 0.191 e. The normalized spacial score (nSPS) is 22.3. The second-order valence-electron chi connectivity index (χ2n) is 7.02. The number of rotatable bonds is 1. The third kappa shape index (κ3) is 1.99. The summed E-state index contributed by atoms with van der Waals surface area (Å²) in [6, 6.07) is 10.5. The molecule has 0 fully saturated rings. The van der Waals surface area contributed by atoms with E-state index in [2.05, 4.69) is 0 Å². The van der Waals surface area contributed by atoms with E-state index in [1.54, 1.807) is 42.7 Å². The summed E-state index contributed by atoms with van der Waals surface area (Å²) in [4.78, 5) is 39.1. The number of benzene rings is 1. The van der Waals surface area contributed by atoms with E-state index >= 15 is 0 Å². The van der Waals surface area contributed by atoms with E-state index in [9.17, 15) is 14.4 Å². The van der Waals surface area contributed by atoms with Crippen molar-refractivity contribution in [3.8, 4) is 0 Å². The Morgan fingerprint density at radius 1 is 0.846 bits per heavy atom. The van der Waals surface area contributed by atoms with Crippen LogP contribution in [-0.4, -0.2) is 17.3 Å². The summed E-state index contributed by atoms with van der Waals surface area (Å²) >= 11 is 0. The molecule has 1 unspecified atom stereocenters. The lowest BCUT2D eigenvalue weighted by atomic mass is 9.66. The van der Waals surface area contributed by atoms with Gasteiger partial charge in [0, 0.05) is 34.3 Å². The lowest BCUT2D eigenvalue weighted by molar-refractivity contribution is -0.116. The van der Waals surface area contributed by atoms with Crippen LogP contribution in [0.25, 0.3) is 0 Å². The van der Waals surface area contributed by atoms with Gasteiger partial charge in [0.05, 0.1) is 12.2 Å². The number of allylic oxidation sites excluding steroid dienone is 4. The molecule has 0 bridgehead atoms. The van der Waals surface area contributed by atoms with Crippen LogP contribution < -0.4 is 0 Å². The summed E-state index contributed by atoms with van der Waals surface area (Å²) in [7, 11) is 0. The van der Waals surface area contributed by atoms with Crippen molar-refractivity contribution in [2.75, 3.05) is 0 Å². The van der Waals surface area contributed by atoms with Crippen LogP contribution in [0.1, 0.15) is 58.1 Å². The van der Waals surface area contributed by atoms with Crippen LogP contribution in [0.15, 0.2) is 69.4 Å². The van der Waals surface area contributed by atoms with Gasteiger partial charge in [-0.05, 0) is 31.4 Å². The number of furan rings is 1. The first-order chi connectivity index (χ1) is 12.7. The largest absolute Gasteiger partial charge is 0.468 e. The van der Waals surface area contributed by atoms with Gasteiger partial charge in [-0.3, -0.25) is 14.4 Å². The number of hydrogen-bond donors (Lipinski definition) is 0. The highest BCUT2D eigenvalue weighted by Gasteiger charge is 2.44. The van der Waals surface area contributed by atoms with Crippen molar-refractivity contribution in [2.24, 2.45) is 0 Å². The first-order valence-electron chi connectivity index (χ1n) is 8.87. The van der Waals surface area contributed by atoms with Gasteiger partial charge in [-0.2, -0.15) is 0 Å². The van der Waals surface area contributed by atoms with Gasteiger partial charge in [0.1, 0.15) is 5.76 Å². The van der Waals surface area contributed by atoms with Crippen molar-refractivity contribution < 1.29 is 18.8 Å². The lowest BCUT2D eigenvalue weighted by Crippen LogP contribution is -2.32. The summed E-state index contributed by atoms with van der Waals surface area (Å²) in [5.41, 5.74) is 3.49. The molecule has 1 atom stereocenters. The molecule has 4 nitrogen and oxygen atoms in total. The molecule has 0 aliphatic heterocycles. The van der Waals surface area contributed by atoms with Crippen LogP contribution in [0.2, 0.25) is 0 Å². The lowest BCUT2D eigenvalue weighted by Gasteiger charge is -2.35. The third-order valence-electron chi connectivity index (χ3n) is 5.62. The maximum absolute atomic E-state index is 13.3. The van der Waals surface area contributed by atoms with Crippen molar-refractivity contribution >= 4 is 17.3 Å². The van der Waals surface area contributed by atoms with E-state index in [1.165, 1.54) is 0 Å². The zero-order valence-corrected chi connectivity index (χ0v) is 14.1. The second-order valence-corrected chi connectivity index (χ2v) is 7.02. The molecule has 0 spiro atoms. The highest BCUT2D eigenvalue weighted by Crippen LogP contribution is 2.49. The number of fused-ring (bicyclic) bond motifs is 1. The highest BCUT2D eigenvalue weighted by molar-refractivity contribution is 6.28. The molecule has 1 heterocycles. The first-order valence-corrected chi connectivity index (χ1v) is 8.87. The number of hydrogen-bond acceptors (Lipinski definition) is 4. The number of Topliss-reactive ketones (excluding diaryl/α,β-unsaturated/α-hetero) is 3. The Balaban J connectivity index is 1.77. The molecule has 3 aliphatic rings. The van der Waals surface area contributed by atoms with Gasteiger partial charge in [0.25, 0.3) is 0 Å². The van der Waals surface area contributed by atoms with E-state index in [4.69, 9.17) is 4.42 Å². The molecule has 26 heavy (non-hydrogen) atoms. The van der Waals surface area contributed by atoms with Crippen LogP contribution in [0.3, 0.4) is 0 Å². The fourth-order valence-electron chi connectivity index (χ4n) is 4.50. The van der Waals surface area contributed by atoms with Crippen LogP contribution in [0.5, 0.6) is 0 Å². The summed E-state index contributed by atoms with van der Waals surface area (Å²) in [6.45, 7) is 0. The Morgan fingerprint density at radius 3 is 2.35 bits per heavy atom. The molecule has 5 rings (SSSR count). The number of carbonyl (C=O) groups is 3. The third-order valence-corrected chi connectivity index (χ3v) is 5.62. The molecule has 0 saturated heterocycles. The van der Waals surface area contributed by atoms with Crippen molar-refractivity contribution in [3.63, 3.8) is 0 Å². The fraction of sp³-hybridized carbons (Fsp3) is 0.227. The molecule has 4 heteroatoms. The second kappa shape index (κ2) is 5.49. The van der Waals surface area contributed by atoms with Crippen LogP contribution >= 0.6 is 0 Å². The van der Waals surface area contributed by atoms with E-state index in [-0.39, 0.29) is 17.3 Å². The van der Waals surface area contributed by atoms with Gasteiger partial charge >= 0.3 is 0 Å². The van der Waals surface area contributed by atoms with E-state index in [1.807, 2.05) is 0 Å².